The van der Waals surface area contributed by atoms with E-state index in [1.807, 2.05) is 32.0 Å². The maximum Gasteiger partial charge on any atom is 0.275 e. The van der Waals surface area contributed by atoms with Gasteiger partial charge in [-0.2, -0.15) is 0 Å². The van der Waals surface area contributed by atoms with Gasteiger partial charge in [0.15, 0.2) is 0 Å². The van der Waals surface area contributed by atoms with Crippen LogP contribution in [0.2, 0.25) is 5.02 Å². The van der Waals surface area contributed by atoms with Crippen LogP contribution in [0.3, 0.4) is 0 Å². The fourth-order valence-electron chi connectivity index (χ4n) is 2.37. The van der Waals surface area contributed by atoms with Crippen LogP contribution >= 0.6 is 11.6 Å². The van der Waals surface area contributed by atoms with Gasteiger partial charge in [-0.25, -0.2) is 14.4 Å². The molecule has 0 aliphatic heterocycles. The average molecular weight is 371 g/mol. The molecule has 0 aliphatic rings. The Balaban J connectivity index is 1.70. The number of rotatable bonds is 4. The normalized spacial score (nSPS) is 10.5. The number of carbonyl (C=O) groups is 1. The van der Waals surface area contributed by atoms with Gasteiger partial charge in [0.1, 0.15) is 17.3 Å². The highest BCUT2D eigenvalue weighted by Gasteiger charge is 2.10. The van der Waals surface area contributed by atoms with E-state index in [-0.39, 0.29) is 16.6 Å². The largest absolute Gasteiger partial charge is 0.339 e. The first kappa shape index (κ1) is 17.8. The summed E-state index contributed by atoms with van der Waals surface area (Å²) in [5.74, 6) is -0.432. The lowest BCUT2D eigenvalue weighted by molar-refractivity contribution is 0.102. The summed E-state index contributed by atoms with van der Waals surface area (Å²) < 4.78 is 13.2. The lowest BCUT2D eigenvalue weighted by Crippen LogP contribution is -2.15. The van der Waals surface area contributed by atoms with Crippen molar-refractivity contribution in [2.24, 2.45) is 0 Å². The van der Waals surface area contributed by atoms with E-state index >= 15 is 0 Å². The predicted molar refractivity (Wildman–Crippen MR) is 101 cm³/mol. The molecule has 0 saturated heterocycles. The number of carbonyl (C=O) groups excluding carboxylic acids is 1. The Labute approximate surface area is 155 Å². The molecule has 3 aromatic rings. The minimum atomic E-state index is -0.498. The van der Waals surface area contributed by atoms with Crippen LogP contribution in [0.4, 0.5) is 21.6 Å². The SMILES string of the molecule is Cc1ccc(NC(=O)c2cnc(Nc3ccc(F)c(Cl)c3)cn2)c(C)c1. The summed E-state index contributed by atoms with van der Waals surface area (Å²) in [6.45, 7) is 3.92. The molecule has 0 spiro atoms. The summed E-state index contributed by atoms with van der Waals surface area (Å²) in [7, 11) is 0. The summed E-state index contributed by atoms with van der Waals surface area (Å²) in [6, 6.07) is 9.99. The Bertz CT molecular complexity index is 960. The number of nitrogens with one attached hydrogen (secondary N) is 2. The van der Waals surface area contributed by atoms with E-state index in [2.05, 4.69) is 20.6 Å². The van der Waals surface area contributed by atoms with Gasteiger partial charge < -0.3 is 10.6 Å². The van der Waals surface area contributed by atoms with Crippen molar-refractivity contribution >= 4 is 34.7 Å². The van der Waals surface area contributed by atoms with Gasteiger partial charge in [-0.15, -0.1) is 0 Å². The fraction of sp³-hybridized carbons (Fsp3) is 0.105. The summed E-state index contributed by atoms with van der Waals surface area (Å²) in [4.78, 5) is 20.6. The molecule has 7 heteroatoms. The molecule has 1 aromatic heterocycles. The molecule has 26 heavy (non-hydrogen) atoms. The van der Waals surface area contributed by atoms with Crippen LogP contribution < -0.4 is 10.6 Å². The van der Waals surface area contributed by atoms with E-state index in [4.69, 9.17) is 11.6 Å². The summed E-state index contributed by atoms with van der Waals surface area (Å²) in [6.07, 6.45) is 2.79. The van der Waals surface area contributed by atoms with Crippen LogP contribution in [-0.2, 0) is 0 Å². The molecule has 2 N–H and O–H groups in total. The van der Waals surface area contributed by atoms with Crippen molar-refractivity contribution in [1.82, 2.24) is 9.97 Å². The van der Waals surface area contributed by atoms with Crippen LogP contribution in [0.1, 0.15) is 21.6 Å². The zero-order chi connectivity index (χ0) is 18.7. The third-order valence-corrected chi connectivity index (χ3v) is 4.00. The molecule has 3 rings (SSSR count). The first-order valence-electron chi connectivity index (χ1n) is 7.85. The number of amides is 1. The highest BCUT2D eigenvalue weighted by molar-refractivity contribution is 6.31. The number of hydrogen-bond acceptors (Lipinski definition) is 4. The van der Waals surface area contributed by atoms with Gasteiger partial charge in [0.05, 0.1) is 17.4 Å². The van der Waals surface area contributed by atoms with Gasteiger partial charge in [-0.3, -0.25) is 4.79 Å². The van der Waals surface area contributed by atoms with E-state index in [0.29, 0.717) is 11.5 Å². The lowest BCUT2D eigenvalue weighted by Gasteiger charge is -2.09. The van der Waals surface area contributed by atoms with Crippen molar-refractivity contribution in [1.29, 1.82) is 0 Å². The quantitative estimate of drug-likeness (QED) is 0.686. The fourth-order valence-corrected chi connectivity index (χ4v) is 2.55. The number of hydrogen-bond donors (Lipinski definition) is 2. The van der Waals surface area contributed by atoms with Gasteiger partial charge in [0.25, 0.3) is 5.91 Å². The second-order valence-corrected chi connectivity index (χ2v) is 6.22. The number of aryl methyl sites for hydroxylation is 2. The number of anilines is 3. The van der Waals surface area contributed by atoms with Crippen LogP contribution in [-0.4, -0.2) is 15.9 Å². The molecule has 2 aromatic carbocycles. The third-order valence-electron chi connectivity index (χ3n) is 3.71. The van der Waals surface area contributed by atoms with Crippen molar-refractivity contribution in [2.75, 3.05) is 10.6 Å². The second kappa shape index (κ2) is 7.49. The van der Waals surface area contributed by atoms with E-state index in [9.17, 15) is 9.18 Å². The van der Waals surface area contributed by atoms with Crippen molar-refractivity contribution < 1.29 is 9.18 Å². The van der Waals surface area contributed by atoms with Crippen LogP contribution in [0.15, 0.2) is 48.8 Å². The minimum absolute atomic E-state index is 0.00687. The third kappa shape index (κ3) is 4.15. The molecule has 0 bridgehead atoms. The lowest BCUT2D eigenvalue weighted by atomic mass is 10.1. The molecule has 1 amide bonds. The topological polar surface area (TPSA) is 66.9 Å². The molecule has 0 atom stereocenters. The van der Waals surface area contributed by atoms with E-state index in [1.165, 1.54) is 30.6 Å². The van der Waals surface area contributed by atoms with E-state index in [1.54, 1.807) is 0 Å². The van der Waals surface area contributed by atoms with E-state index < -0.39 is 5.82 Å². The summed E-state index contributed by atoms with van der Waals surface area (Å²) in [5.41, 5.74) is 3.57. The van der Waals surface area contributed by atoms with Crippen LogP contribution in [0, 0.1) is 19.7 Å². The zero-order valence-electron chi connectivity index (χ0n) is 14.2. The molecular weight excluding hydrogens is 355 g/mol. The molecular formula is C19H16ClFN4O. The van der Waals surface area contributed by atoms with Crippen molar-refractivity contribution in [3.05, 3.63) is 76.5 Å². The van der Waals surface area contributed by atoms with E-state index in [0.717, 1.165) is 16.8 Å². The van der Waals surface area contributed by atoms with Crippen molar-refractivity contribution in [3.63, 3.8) is 0 Å². The van der Waals surface area contributed by atoms with Gasteiger partial charge in [0.2, 0.25) is 0 Å². The Morgan fingerprint density at radius 2 is 1.88 bits per heavy atom. The van der Waals surface area contributed by atoms with Gasteiger partial charge in [0, 0.05) is 11.4 Å². The Hall–Kier alpha value is -2.99. The molecule has 132 valence electrons. The first-order valence-corrected chi connectivity index (χ1v) is 8.23. The molecule has 0 aliphatic carbocycles. The Kier molecular flexibility index (Phi) is 5.14. The first-order chi connectivity index (χ1) is 12.4. The number of nitrogens with zero attached hydrogens (tertiary/aromatic N) is 2. The molecule has 0 radical (unpaired) electrons. The molecule has 5 nitrogen and oxygen atoms in total. The highest BCUT2D eigenvalue weighted by Crippen LogP contribution is 2.22. The Morgan fingerprint density at radius 1 is 1.08 bits per heavy atom. The monoisotopic (exact) mass is 370 g/mol. The summed E-state index contributed by atoms with van der Waals surface area (Å²) >= 11 is 5.74. The highest BCUT2D eigenvalue weighted by atomic mass is 35.5. The Morgan fingerprint density at radius 3 is 2.54 bits per heavy atom. The number of halogens is 2. The minimum Gasteiger partial charge on any atom is -0.339 e. The zero-order valence-corrected chi connectivity index (χ0v) is 14.9. The number of aromatic nitrogens is 2. The molecule has 0 unspecified atom stereocenters. The standard InChI is InChI=1S/C19H16ClFN4O/c1-11-3-6-16(12(2)7-11)25-19(26)17-9-23-18(10-22-17)24-13-4-5-15(21)14(20)8-13/h3-10H,1-2H3,(H,23,24)(H,25,26). The van der Waals surface area contributed by atoms with Gasteiger partial charge >= 0.3 is 0 Å². The van der Waals surface area contributed by atoms with Gasteiger partial charge in [-0.1, -0.05) is 29.3 Å². The predicted octanol–water partition coefficient (Wildman–Crippen LogP) is 4.88. The van der Waals surface area contributed by atoms with Crippen molar-refractivity contribution in [3.8, 4) is 0 Å². The van der Waals surface area contributed by atoms with Crippen LogP contribution in [0.25, 0.3) is 0 Å². The molecule has 0 fully saturated rings. The molecule has 1 heterocycles. The maximum atomic E-state index is 13.2. The second-order valence-electron chi connectivity index (χ2n) is 5.81. The summed E-state index contributed by atoms with van der Waals surface area (Å²) in [5, 5.41) is 5.77. The molecule has 0 saturated carbocycles. The number of benzene rings is 2. The maximum absolute atomic E-state index is 13.2. The average Bonchev–Trinajstić information content (AvgIpc) is 2.61. The smallest absolute Gasteiger partial charge is 0.275 e. The van der Waals surface area contributed by atoms with Gasteiger partial charge in [-0.05, 0) is 43.7 Å². The van der Waals surface area contributed by atoms with Crippen LogP contribution in [0.5, 0.6) is 0 Å². The van der Waals surface area contributed by atoms with Crippen molar-refractivity contribution in [2.45, 2.75) is 13.8 Å².